The monoisotopic (exact) mass is 295 g/mol. The molecule has 2 fully saturated rings. The number of fused-ring (bicyclic) bond motifs is 2. The first kappa shape index (κ1) is 14.4. The number of alkyl halides is 1. The highest BCUT2D eigenvalue weighted by atomic mass is 19.1. The van der Waals surface area contributed by atoms with E-state index in [4.69, 9.17) is 4.74 Å². The van der Waals surface area contributed by atoms with Gasteiger partial charge in [-0.2, -0.15) is 0 Å². The Morgan fingerprint density at radius 1 is 1.29 bits per heavy atom. The first-order valence-corrected chi connectivity index (χ1v) is 7.44. The zero-order valence-corrected chi connectivity index (χ0v) is 11.8. The summed E-state index contributed by atoms with van der Waals surface area (Å²) in [5.74, 6) is -0.0956. The van der Waals surface area contributed by atoms with Crippen LogP contribution in [0.3, 0.4) is 0 Å². The van der Waals surface area contributed by atoms with Crippen molar-refractivity contribution in [1.82, 2.24) is 4.90 Å². The van der Waals surface area contributed by atoms with Crippen LogP contribution in [0, 0.1) is 5.82 Å². The van der Waals surface area contributed by atoms with E-state index in [0.717, 1.165) is 25.7 Å². The summed E-state index contributed by atoms with van der Waals surface area (Å²) in [6.07, 6.45) is 4.40. The van der Waals surface area contributed by atoms with Gasteiger partial charge in [0.05, 0.1) is 5.56 Å². The van der Waals surface area contributed by atoms with Gasteiger partial charge in [0.1, 0.15) is 24.3 Å². The summed E-state index contributed by atoms with van der Waals surface area (Å²) in [4.78, 5) is 13.2. The highest BCUT2D eigenvalue weighted by Gasteiger charge is 2.41. The van der Waals surface area contributed by atoms with E-state index in [2.05, 4.69) is 4.90 Å². The molecule has 2 bridgehead atoms. The van der Waals surface area contributed by atoms with E-state index in [1.165, 1.54) is 18.2 Å². The van der Waals surface area contributed by atoms with E-state index in [0.29, 0.717) is 36.2 Å². The van der Waals surface area contributed by atoms with Crippen molar-refractivity contribution in [3.05, 3.63) is 29.6 Å². The number of hydrogen-bond donors (Lipinski definition) is 0. The fourth-order valence-corrected chi connectivity index (χ4v) is 3.67. The van der Waals surface area contributed by atoms with Crippen molar-refractivity contribution < 1.29 is 18.3 Å². The lowest BCUT2D eigenvalue weighted by Crippen LogP contribution is -2.47. The zero-order valence-electron chi connectivity index (χ0n) is 11.8. The molecule has 2 aliphatic rings. The smallest absolute Gasteiger partial charge is 0.153 e. The first-order valence-electron chi connectivity index (χ1n) is 7.44. The van der Waals surface area contributed by atoms with Crippen molar-refractivity contribution in [2.24, 2.45) is 0 Å². The van der Waals surface area contributed by atoms with Gasteiger partial charge in [-0.05, 0) is 37.8 Å². The maximum absolute atomic E-state index is 13.3. The molecular weight excluding hydrogens is 276 g/mol. The molecule has 0 N–H and O–H groups in total. The molecule has 1 aromatic rings. The second-order valence-electron chi connectivity index (χ2n) is 5.82. The third kappa shape index (κ3) is 2.93. The van der Waals surface area contributed by atoms with Gasteiger partial charge in [0.2, 0.25) is 0 Å². The minimum atomic E-state index is -0.409. The molecule has 0 unspecified atom stereocenters. The summed E-state index contributed by atoms with van der Waals surface area (Å²) in [5, 5.41) is 0. The van der Waals surface area contributed by atoms with Crippen LogP contribution in [0.4, 0.5) is 8.78 Å². The minimum absolute atomic E-state index is 0.0288. The minimum Gasteiger partial charge on any atom is -0.489 e. The Hall–Kier alpha value is -1.49. The lowest BCUT2D eigenvalue weighted by molar-refractivity contribution is 0.0454. The average molecular weight is 295 g/mol. The average Bonchev–Trinajstić information content (AvgIpc) is 2.71. The number of nitrogens with zero attached hydrogens (tertiary/aromatic N) is 1. The van der Waals surface area contributed by atoms with Crippen LogP contribution in [0.25, 0.3) is 0 Å². The van der Waals surface area contributed by atoms with Crippen molar-refractivity contribution in [1.29, 1.82) is 0 Å². The Kier molecular flexibility index (Phi) is 4.19. The number of piperidine rings is 1. The SMILES string of the molecule is O=Cc1ccc(F)cc1O[C@H]1C[C@H]2CC[C@@H](C1)N2CCF. The normalized spacial score (nSPS) is 28.6. The molecule has 21 heavy (non-hydrogen) atoms. The van der Waals surface area contributed by atoms with Gasteiger partial charge in [0.15, 0.2) is 6.29 Å². The molecule has 5 heteroatoms. The number of carbonyl (C=O) groups is 1. The summed E-state index contributed by atoms with van der Waals surface area (Å²) in [6, 6.07) is 4.64. The van der Waals surface area contributed by atoms with Gasteiger partial charge in [0.25, 0.3) is 0 Å². The van der Waals surface area contributed by atoms with E-state index in [1.807, 2.05) is 0 Å². The quantitative estimate of drug-likeness (QED) is 0.782. The van der Waals surface area contributed by atoms with Crippen LogP contribution in [-0.4, -0.2) is 42.6 Å². The number of benzene rings is 1. The second-order valence-corrected chi connectivity index (χ2v) is 5.82. The number of halogens is 2. The zero-order chi connectivity index (χ0) is 14.8. The Morgan fingerprint density at radius 2 is 2.00 bits per heavy atom. The Balaban J connectivity index is 1.70. The topological polar surface area (TPSA) is 29.5 Å². The predicted octanol–water partition coefficient (Wildman–Crippen LogP) is 2.98. The summed E-state index contributed by atoms with van der Waals surface area (Å²) in [6.45, 7) is 0.166. The van der Waals surface area contributed by atoms with Crippen LogP contribution < -0.4 is 4.74 Å². The highest BCUT2D eigenvalue weighted by molar-refractivity contribution is 5.79. The molecule has 0 amide bonds. The van der Waals surface area contributed by atoms with Crippen molar-refractivity contribution in [3.63, 3.8) is 0 Å². The van der Waals surface area contributed by atoms with Gasteiger partial charge < -0.3 is 4.74 Å². The van der Waals surface area contributed by atoms with E-state index in [1.54, 1.807) is 0 Å². The first-order chi connectivity index (χ1) is 10.2. The fourth-order valence-electron chi connectivity index (χ4n) is 3.67. The van der Waals surface area contributed by atoms with Gasteiger partial charge in [-0.1, -0.05) is 0 Å². The van der Waals surface area contributed by atoms with Gasteiger partial charge in [-0.25, -0.2) is 8.78 Å². The molecule has 0 saturated carbocycles. The van der Waals surface area contributed by atoms with Crippen LogP contribution in [-0.2, 0) is 0 Å². The molecule has 0 spiro atoms. The summed E-state index contributed by atoms with van der Waals surface area (Å²) >= 11 is 0. The van der Waals surface area contributed by atoms with Gasteiger partial charge in [-0.15, -0.1) is 0 Å². The predicted molar refractivity (Wildman–Crippen MR) is 74.9 cm³/mol. The number of hydrogen-bond acceptors (Lipinski definition) is 3. The molecule has 2 aliphatic heterocycles. The molecule has 2 heterocycles. The molecule has 3 nitrogen and oxygen atoms in total. The van der Waals surface area contributed by atoms with E-state index in [9.17, 15) is 13.6 Å². The molecule has 1 aromatic carbocycles. The van der Waals surface area contributed by atoms with Crippen molar-refractivity contribution in [3.8, 4) is 5.75 Å². The summed E-state index contributed by atoms with van der Waals surface area (Å²) in [5.41, 5.74) is 0.370. The largest absolute Gasteiger partial charge is 0.489 e. The third-order valence-corrected chi connectivity index (χ3v) is 4.58. The maximum Gasteiger partial charge on any atom is 0.153 e. The molecule has 0 aliphatic carbocycles. The summed E-state index contributed by atoms with van der Waals surface area (Å²) in [7, 11) is 0. The van der Waals surface area contributed by atoms with Crippen LogP contribution in [0.2, 0.25) is 0 Å². The molecule has 2 saturated heterocycles. The molecule has 114 valence electrons. The Morgan fingerprint density at radius 3 is 2.62 bits per heavy atom. The number of aldehydes is 1. The van der Waals surface area contributed by atoms with Crippen LogP contribution in [0.5, 0.6) is 5.75 Å². The molecule has 0 aromatic heterocycles. The molecule has 3 atom stereocenters. The van der Waals surface area contributed by atoms with Gasteiger partial charge in [0, 0.05) is 24.7 Å². The number of carbonyl (C=O) groups excluding carboxylic acids is 1. The van der Waals surface area contributed by atoms with Gasteiger partial charge >= 0.3 is 0 Å². The lowest BCUT2D eigenvalue weighted by Gasteiger charge is -2.38. The molecule has 3 rings (SSSR count). The highest BCUT2D eigenvalue weighted by Crippen LogP contribution is 2.37. The van der Waals surface area contributed by atoms with Crippen molar-refractivity contribution in [2.75, 3.05) is 13.2 Å². The van der Waals surface area contributed by atoms with E-state index >= 15 is 0 Å². The maximum atomic E-state index is 13.3. The van der Waals surface area contributed by atoms with Crippen molar-refractivity contribution in [2.45, 2.75) is 43.9 Å². The standard InChI is InChI=1S/C16H19F2NO2/c17-5-6-19-13-3-4-14(19)9-15(8-13)21-16-7-12(18)2-1-11(16)10-20/h1-2,7,10,13-15H,3-6,8-9H2/t13-,14+,15+. The van der Waals surface area contributed by atoms with Crippen molar-refractivity contribution >= 4 is 6.29 Å². The van der Waals surface area contributed by atoms with Gasteiger partial charge in [-0.3, -0.25) is 9.69 Å². The van der Waals surface area contributed by atoms with Crippen LogP contribution in [0.1, 0.15) is 36.0 Å². The van der Waals surface area contributed by atoms with E-state index < -0.39 is 5.82 Å². The molecule has 0 radical (unpaired) electrons. The summed E-state index contributed by atoms with van der Waals surface area (Å²) < 4.78 is 31.8. The van der Waals surface area contributed by atoms with Crippen LogP contribution in [0.15, 0.2) is 18.2 Å². The lowest BCUT2D eigenvalue weighted by atomic mass is 9.99. The Labute approximate surface area is 122 Å². The molecular formula is C16H19F2NO2. The van der Waals surface area contributed by atoms with E-state index in [-0.39, 0.29) is 12.8 Å². The third-order valence-electron chi connectivity index (χ3n) is 4.58. The Bertz CT molecular complexity index is 509. The fraction of sp³-hybridized carbons (Fsp3) is 0.562. The number of ether oxygens (including phenoxy) is 1. The number of rotatable bonds is 5. The second kappa shape index (κ2) is 6.10. The van der Waals surface area contributed by atoms with Crippen LogP contribution >= 0.6 is 0 Å².